The number of nitrogens with one attached hydrogen (secondary N) is 1. The predicted octanol–water partition coefficient (Wildman–Crippen LogP) is 1.55. The van der Waals surface area contributed by atoms with Gasteiger partial charge in [0, 0.05) is 19.1 Å². The normalized spacial score (nSPS) is 21.0. The van der Waals surface area contributed by atoms with Crippen molar-refractivity contribution >= 4 is 5.91 Å². The Balaban J connectivity index is 1.65. The maximum atomic E-state index is 12.0. The van der Waals surface area contributed by atoms with Crippen LogP contribution < -0.4 is 15.8 Å². The second kappa shape index (κ2) is 7.79. The molecular formula is C18H29N3O2. The molecule has 0 radical (unpaired) electrons. The first-order valence-electron chi connectivity index (χ1n) is 8.31. The van der Waals surface area contributed by atoms with Crippen LogP contribution in [0.2, 0.25) is 0 Å². The number of hydrogen-bond donors (Lipinski definition) is 2. The minimum absolute atomic E-state index is 0.0455. The van der Waals surface area contributed by atoms with Gasteiger partial charge in [-0.2, -0.15) is 0 Å². The van der Waals surface area contributed by atoms with Gasteiger partial charge in [-0.15, -0.1) is 0 Å². The van der Waals surface area contributed by atoms with Gasteiger partial charge in [-0.05, 0) is 36.5 Å². The molecule has 0 aromatic heterocycles. The Morgan fingerprint density at radius 3 is 2.96 bits per heavy atom. The molecule has 1 heterocycles. The summed E-state index contributed by atoms with van der Waals surface area (Å²) < 4.78 is 5.63. The SMILES string of the molecule is Cc1cccc(OCCNC(=O)CN2CCC(N)C(C)(C)C2)c1. The Labute approximate surface area is 139 Å². The molecule has 1 aromatic rings. The Bertz CT molecular complexity index is 531. The van der Waals surface area contributed by atoms with E-state index in [4.69, 9.17) is 10.5 Å². The van der Waals surface area contributed by atoms with Crippen LogP contribution in [0.5, 0.6) is 5.75 Å². The van der Waals surface area contributed by atoms with E-state index in [9.17, 15) is 4.79 Å². The standard InChI is InChI=1S/C18H29N3O2/c1-14-5-4-6-15(11-14)23-10-8-20-17(22)12-21-9-7-16(19)18(2,3)13-21/h4-6,11,16H,7-10,12-13,19H2,1-3H3,(H,20,22). The number of carbonyl (C=O) groups excluding carboxylic acids is 1. The van der Waals surface area contributed by atoms with Crippen molar-refractivity contribution in [3.63, 3.8) is 0 Å². The van der Waals surface area contributed by atoms with Crippen LogP contribution in [0.1, 0.15) is 25.8 Å². The zero-order valence-electron chi connectivity index (χ0n) is 14.5. The lowest BCUT2D eigenvalue weighted by molar-refractivity contribution is -0.123. The summed E-state index contributed by atoms with van der Waals surface area (Å²) >= 11 is 0. The second-order valence-electron chi connectivity index (χ2n) is 7.11. The number of ether oxygens (including phenoxy) is 1. The van der Waals surface area contributed by atoms with Gasteiger partial charge in [0.2, 0.25) is 5.91 Å². The van der Waals surface area contributed by atoms with Gasteiger partial charge in [0.15, 0.2) is 0 Å². The van der Waals surface area contributed by atoms with E-state index in [1.54, 1.807) is 0 Å². The molecule has 1 amide bonds. The van der Waals surface area contributed by atoms with Crippen LogP contribution in [0, 0.1) is 12.3 Å². The molecule has 1 aromatic carbocycles. The fourth-order valence-electron chi connectivity index (χ4n) is 2.94. The smallest absolute Gasteiger partial charge is 0.234 e. The third-order valence-corrected chi connectivity index (χ3v) is 4.44. The average Bonchev–Trinajstić information content (AvgIpc) is 2.47. The first-order valence-corrected chi connectivity index (χ1v) is 8.31. The van der Waals surface area contributed by atoms with Crippen molar-refractivity contribution in [1.82, 2.24) is 10.2 Å². The molecule has 5 nitrogen and oxygen atoms in total. The molecule has 0 saturated carbocycles. The lowest BCUT2D eigenvalue weighted by Crippen LogP contribution is -2.54. The van der Waals surface area contributed by atoms with Crippen molar-refractivity contribution < 1.29 is 9.53 Å². The number of benzene rings is 1. The minimum atomic E-state index is 0.0455. The van der Waals surface area contributed by atoms with Gasteiger partial charge in [-0.25, -0.2) is 0 Å². The summed E-state index contributed by atoms with van der Waals surface area (Å²) in [5.41, 5.74) is 7.35. The average molecular weight is 319 g/mol. The van der Waals surface area contributed by atoms with Crippen molar-refractivity contribution in [3.05, 3.63) is 29.8 Å². The highest BCUT2D eigenvalue weighted by atomic mass is 16.5. The lowest BCUT2D eigenvalue weighted by atomic mass is 9.80. The molecule has 23 heavy (non-hydrogen) atoms. The summed E-state index contributed by atoms with van der Waals surface area (Å²) in [7, 11) is 0. The molecule has 1 atom stereocenters. The van der Waals surface area contributed by atoms with Crippen molar-refractivity contribution in [3.8, 4) is 5.75 Å². The number of hydrogen-bond acceptors (Lipinski definition) is 4. The molecule has 128 valence electrons. The number of aryl methyl sites for hydroxylation is 1. The zero-order valence-corrected chi connectivity index (χ0v) is 14.5. The maximum absolute atomic E-state index is 12.0. The van der Waals surface area contributed by atoms with E-state index in [0.29, 0.717) is 19.7 Å². The summed E-state index contributed by atoms with van der Waals surface area (Å²) in [4.78, 5) is 14.2. The first-order chi connectivity index (χ1) is 10.9. The molecule has 1 saturated heterocycles. The fourth-order valence-corrected chi connectivity index (χ4v) is 2.94. The van der Waals surface area contributed by atoms with Crippen molar-refractivity contribution in [2.75, 3.05) is 32.8 Å². The largest absolute Gasteiger partial charge is 0.492 e. The van der Waals surface area contributed by atoms with Gasteiger partial charge < -0.3 is 15.8 Å². The second-order valence-corrected chi connectivity index (χ2v) is 7.11. The van der Waals surface area contributed by atoms with Gasteiger partial charge in [0.25, 0.3) is 0 Å². The van der Waals surface area contributed by atoms with Crippen LogP contribution in [0.4, 0.5) is 0 Å². The van der Waals surface area contributed by atoms with Crippen LogP contribution in [-0.2, 0) is 4.79 Å². The number of nitrogens with zero attached hydrogens (tertiary/aromatic N) is 1. The number of carbonyl (C=O) groups is 1. The van der Waals surface area contributed by atoms with Crippen LogP contribution in [0.3, 0.4) is 0 Å². The predicted molar refractivity (Wildman–Crippen MR) is 92.5 cm³/mol. The number of likely N-dealkylation sites (tertiary alicyclic amines) is 1. The third-order valence-electron chi connectivity index (χ3n) is 4.44. The summed E-state index contributed by atoms with van der Waals surface area (Å²) in [6.45, 7) is 9.53. The fraction of sp³-hybridized carbons (Fsp3) is 0.611. The van der Waals surface area contributed by atoms with Crippen molar-refractivity contribution in [1.29, 1.82) is 0 Å². The molecule has 0 aliphatic carbocycles. The molecule has 0 bridgehead atoms. The van der Waals surface area contributed by atoms with Crippen LogP contribution >= 0.6 is 0 Å². The molecule has 5 heteroatoms. The summed E-state index contributed by atoms with van der Waals surface area (Å²) in [6, 6.07) is 8.12. The van der Waals surface area contributed by atoms with Crippen LogP contribution in [0.15, 0.2) is 24.3 Å². The molecule has 1 aliphatic heterocycles. The summed E-state index contributed by atoms with van der Waals surface area (Å²) in [6.07, 6.45) is 0.941. The molecule has 1 aliphatic rings. The van der Waals surface area contributed by atoms with Gasteiger partial charge in [0.05, 0.1) is 13.1 Å². The number of piperidine rings is 1. The quantitative estimate of drug-likeness (QED) is 0.781. The highest BCUT2D eigenvalue weighted by Crippen LogP contribution is 2.27. The van der Waals surface area contributed by atoms with E-state index in [2.05, 4.69) is 24.1 Å². The van der Waals surface area contributed by atoms with Crippen LogP contribution in [0.25, 0.3) is 0 Å². The number of nitrogens with two attached hydrogens (primary N) is 1. The van der Waals surface area contributed by atoms with E-state index in [0.717, 1.165) is 30.8 Å². The third kappa shape index (κ3) is 5.52. The highest BCUT2D eigenvalue weighted by Gasteiger charge is 2.33. The highest BCUT2D eigenvalue weighted by molar-refractivity contribution is 5.78. The van der Waals surface area contributed by atoms with E-state index in [-0.39, 0.29) is 17.4 Å². The Morgan fingerprint density at radius 2 is 2.26 bits per heavy atom. The molecule has 3 N–H and O–H groups in total. The van der Waals surface area contributed by atoms with Crippen LogP contribution in [-0.4, -0.2) is 49.6 Å². The lowest BCUT2D eigenvalue weighted by Gasteiger charge is -2.42. The number of rotatable bonds is 6. The first kappa shape index (κ1) is 17.8. The molecule has 1 unspecified atom stereocenters. The monoisotopic (exact) mass is 319 g/mol. The van der Waals surface area contributed by atoms with Gasteiger partial charge in [-0.1, -0.05) is 26.0 Å². The Kier molecular flexibility index (Phi) is 6.02. The van der Waals surface area contributed by atoms with Gasteiger partial charge >= 0.3 is 0 Å². The van der Waals surface area contributed by atoms with E-state index < -0.39 is 0 Å². The van der Waals surface area contributed by atoms with E-state index >= 15 is 0 Å². The summed E-state index contributed by atoms with van der Waals surface area (Å²) in [5.74, 6) is 0.884. The van der Waals surface area contributed by atoms with Crippen molar-refractivity contribution in [2.45, 2.75) is 33.2 Å². The zero-order chi connectivity index (χ0) is 16.9. The summed E-state index contributed by atoms with van der Waals surface area (Å²) in [5, 5.41) is 2.92. The molecule has 0 spiro atoms. The molecule has 2 rings (SSSR count). The van der Waals surface area contributed by atoms with Gasteiger partial charge in [0.1, 0.15) is 12.4 Å². The maximum Gasteiger partial charge on any atom is 0.234 e. The van der Waals surface area contributed by atoms with E-state index in [1.807, 2.05) is 31.2 Å². The number of amides is 1. The van der Waals surface area contributed by atoms with Crippen molar-refractivity contribution in [2.24, 2.45) is 11.1 Å². The molecular weight excluding hydrogens is 290 g/mol. The minimum Gasteiger partial charge on any atom is -0.492 e. The van der Waals surface area contributed by atoms with Gasteiger partial charge in [-0.3, -0.25) is 9.69 Å². The Hall–Kier alpha value is -1.59. The topological polar surface area (TPSA) is 67.6 Å². The molecule has 1 fully saturated rings. The Morgan fingerprint density at radius 1 is 1.48 bits per heavy atom. The van der Waals surface area contributed by atoms with E-state index in [1.165, 1.54) is 0 Å².